The zero-order chi connectivity index (χ0) is 28.8. The molecule has 0 saturated carbocycles. The van der Waals surface area contributed by atoms with Crippen molar-refractivity contribution in [1.82, 2.24) is 9.55 Å². The average molecular weight is 551 g/mol. The van der Waals surface area contributed by atoms with E-state index in [1.165, 1.54) is 77.0 Å². The van der Waals surface area contributed by atoms with Crippen LogP contribution in [0.2, 0.25) is 0 Å². The molecule has 0 spiro atoms. The number of aromatic amines is 1. The predicted octanol–water partition coefficient (Wildman–Crippen LogP) is 11.0. The van der Waals surface area contributed by atoms with Gasteiger partial charge in [-0.15, -0.1) is 0 Å². The highest BCUT2D eigenvalue weighted by atomic mass is 14.9. The molecule has 0 saturated heterocycles. The summed E-state index contributed by atoms with van der Waals surface area (Å²) in [4.78, 5) is 3.50. The molecule has 0 radical (unpaired) electrons. The van der Waals surface area contributed by atoms with Crippen LogP contribution in [-0.4, -0.2) is 9.55 Å². The second-order valence-corrected chi connectivity index (χ2v) is 11.2. The number of nitrogens with zero attached hydrogens (tertiary/aromatic N) is 1. The van der Waals surface area contributed by atoms with Gasteiger partial charge in [-0.05, 0) is 69.8 Å². The number of nitrogens with one attached hydrogen (secondary N) is 1. The smallest absolute Gasteiger partial charge is 0.0489 e. The maximum Gasteiger partial charge on any atom is 0.0489 e. The van der Waals surface area contributed by atoms with E-state index in [0.29, 0.717) is 0 Å². The topological polar surface area (TPSA) is 20.7 Å². The molecule has 6 aromatic carbocycles. The van der Waals surface area contributed by atoms with E-state index in [1.807, 2.05) is 0 Å². The molecule has 8 aromatic rings. The first-order chi connectivity index (χ1) is 21.2. The van der Waals surface area contributed by atoms with Crippen molar-refractivity contribution in [3.8, 4) is 11.1 Å². The standard InChI is InChI=1S/C41H30N2/c1-43-40-9-5-3-7-35(40)37-27-31(19-25-41(37)43)13-11-29-16-22-33(23-17-29)32-20-14-28(15-21-32)10-12-30-18-24-39-36(26-30)34-6-2-4-8-38(34)42-39/h2-27,42H,1H3. The molecule has 2 heterocycles. The third kappa shape index (κ3) is 4.64. The van der Waals surface area contributed by atoms with Crippen LogP contribution >= 0.6 is 0 Å². The van der Waals surface area contributed by atoms with Crippen LogP contribution in [-0.2, 0) is 7.05 Å². The molecule has 2 heteroatoms. The molecule has 1 N–H and O–H groups in total. The lowest BCUT2D eigenvalue weighted by Gasteiger charge is -2.04. The monoisotopic (exact) mass is 550 g/mol. The van der Waals surface area contributed by atoms with E-state index in [2.05, 4.69) is 174 Å². The number of aromatic nitrogens is 2. The molecule has 0 aliphatic heterocycles. The molecule has 43 heavy (non-hydrogen) atoms. The van der Waals surface area contributed by atoms with Crippen molar-refractivity contribution in [2.45, 2.75) is 0 Å². The lowest BCUT2D eigenvalue weighted by molar-refractivity contribution is 1.01. The minimum absolute atomic E-state index is 1.17. The second kappa shape index (κ2) is 10.3. The third-order valence-electron chi connectivity index (χ3n) is 8.56. The Balaban J connectivity index is 0.976. The van der Waals surface area contributed by atoms with Crippen LogP contribution in [0.1, 0.15) is 22.3 Å². The van der Waals surface area contributed by atoms with E-state index >= 15 is 0 Å². The van der Waals surface area contributed by atoms with Gasteiger partial charge in [-0.2, -0.15) is 0 Å². The Hall–Kier alpha value is -5.60. The van der Waals surface area contributed by atoms with Crippen molar-refractivity contribution < 1.29 is 0 Å². The Morgan fingerprint density at radius 2 is 0.907 bits per heavy atom. The SMILES string of the molecule is Cn1c2ccccc2c2cc(C=Cc3ccc(-c4ccc(C=Cc5ccc6[nH]c7ccccc7c6c5)cc4)cc3)ccc21. The number of para-hydroxylation sites is 2. The minimum atomic E-state index is 1.17. The van der Waals surface area contributed by atoms with Crippen molar-refractivity contribution in [2.75, 3.05) is 0 Å². The molecule has 0 atom stereocenters. The Morgan fingerprint density at radius 1 is 0.419 bits per heavy atom. The first-order valence-corrected chi connectivity index (χ1v) is 14.7. The quantitative estimate of drug-likeness (QED) is 0.206. The van der Waals surface area contributed by atoms with Gasteiger partial charge in [0, 0.05) is 50.7 Å². The van der Waals surface area contributed by atoms with E-state index in [-0.39, 0.29) is 0 Å². The number of benzene rings is 6. The number of H-pyrrole nitrogens is 1. The van der Waals surface area contributed by atoms with Gasteiger partial charge >= 0.3 is 0 Å². The van der Waals surface area contributed by atoms with Gasteiger partial charge in [0.2, 0.25) is 0 Å². The Kier molecular flexibility index (Phi) is 6.05. The van der Waals surface area contributed by atoms with Gasteiger partial charge in [0.05, 0.1) is 0 Å². The summed E-state index contributed by atoms with van der Waals surface area (Å²) >= 11 is 0. The lowest BCUT2D eigenvalue weighted by Crippen LogP contribution is -1.85. The van der Waals surface area contributed by atoms with Crippen LogP contribution in [0.3, 0.4) is 0 Å². The summed E-state index contributed by atoms with van der Waals surface area (Å²) in [5, 5.41) is 5.12. The largest absolute Gasteiger partial charge is 0.355 e. The van der Waals surface area contributed by atoms with Crippen molar-refractivity contribution in [2.24, 2.45) is 7.05 Å². The molecule has 0 amide bonds. The Morgan fingerprint density at radius 3 is 1.60 bits per heavy atom. The molecule has 0 aliphatic rings. The Bertz CT molecular complexity index is 2330. The minimum Gasteiger partial charge on any atom is -0.355 e. The fourth-order valence-corrected chi connectivity index (χ4v) is 6.22. The molecular weight excluding hydrogens is 520 g/mol. The Labute approximate surface area is 250 Å². The van der Waals surface area contributed by atoms with Crippen LogP contribution in [0.25, 0.3) is 79.0 Å². The molecule has 0 aliphatic carbocycles. The summed E-state index contributed by atoms with van der Waals surface area (Å²) in [5.74, 6) is 0. The fourth-order valence-electron chi connectivity index (χ4n) is 6.22. The van der Waals surface area contributed by atoms with E-state index < -0.39 is 0 Å². The van der Waals surface area contributed by atoms with Crippen molar-refractivity contribution >= 4 is 67.9 Å². The second-order valence-electron chi connectivity index (χ2n) is 11.2. The lowest BCUT2D eigenvalue weighted by atomic mass is 10.0. The average Bonchev–Trinajstić information content (AvgIpc) is 3.58. The molecule has 8 rings (SSSR count). The molecular formula is C41H30N2. The molecule has 0 fully saturated rings. The van der Waals surface area contributed by atoms with E-state index in [9.17, 15) is 0 Å². The van der Waals surface area contributed by atoms with Crippen molar-refractivity contribution in [3.05, 3.63) is 156 Å². The number of hydrogen-bond acceptors (Lipinski definition) is 0. The van der Waals surface area contributed by atoms with Crippen LogP contribution in [0.4, 0.5) is 0 Å². The number of rotatable bonds is 5. The molecule has 2 aromatic heterocycles. The highest BCUT2D eigenvalue weighted by Gasteiger charge is 2.07. The first kappa shape index (κ1) is 25.1. The zero-order valence-electron chi connectivity index (χ0n) is 24.0. The van der Waals surface area contributed by atoms with Crippen LogP contribution in [0, 0.1) is 0 Å². The fraction of sp³-hybridized carbons (Fsp3) is 0.0244. The van der Waals surface area contributed by atoms with Gasteiger partial charge in [-0.3, -0.25) is 0 Å². The van der Waals surface area contributed by atoms with Crippen molar-refractivity contribution in [1.29, 1.82) is 0 Å². The number of aryl methyl sites for hydroxylation is 1. The first-order valence-electron chi connectivity index (χ1n) is 14.7. The van der Waals surface area contributed by atoms with Gasteiger partial charge in [-0.25, -0.2) is 0 Å². The predicted molar refractivity (Wildman–Crippen MR) is 186 cm³/mol. The van der Waals surface area contributed by atoms with Crippen LogP contribution in [0.15, 0.2) is 133 Å². The molecule has 0 unspecified atom stereocenters. The van der Waals surface area contributed by atoms with Gasteiger partial charge in [-0.1, -0.05) is 121 Å². The molecule has 204 valence electrons. The molecule has 0 bridgehead atoms. The van der Waals surface area contributed by atoms with Gasteiger partial charge in [0.25, 0.3) is 0 Å². The normalized spacial score (nSPS) is 12.1. The summed E-state index contributed by atoms with van der Waals surface area (Å²) in [6.45, 7) is 0. The summed E-state index contributed by atoms with van der Waals surface area (Å²) in [5.41, 5.74) is 12.1. The zero-order valence-corrected chi connectivity index (χ0v) is 24.0. The maximum absolute atomic E-state index is 3.50. The van der Waals surface area contributed by atoms with Crippen LogP contribution in [0.5, 0.6) is 0 Å². The summed E-state index contributed by atoms with van der Waals surface area (Å²) < 4.78 is 2.27. The molecule has 2 nitrogen and oxygen atoms in total. The summed E-state index contributed by atoms with van der Waals surface area (Å²) in [6.07, 6.45) is 8.77. The van der Waals surface area contributed by atoms with Gasteiger partial charge in [0.15, 0.2) is 0 Å². The summed E-state index contributed by atoms with van der Waals surface area (Å²) in [6, 6.07) is 47.9. The van der Waals surface area contributed by atoms with Crippen molar-refractivity contribution in [3.63, 3.8) is 0 Å². The number of fused-ring (bicyclic) bond motifs is 6. The van der Waals surface area contributed by atoms with E-state index in [4.69, 9.17) is 0 Å². The summed E-state index contributed by atoms with van der Waals surface area (Å²) in [7, 11) is 2.14. The highest BCUT2D eigenvalue weighted by molar-refractivity contribution is 6.09. The van der Waals surface area contributed by atoms with Gasteiger partial charge in [0.1, 0.15) is 0 Å². The van der Waals surface area contributed by atoms with Crippen LogP contribution < -0.4 is 0 Å². The number of hydrogen-bond donors (Lipinski definition) is 1. The van der Waals surface area contributed by atoms with E-state index in [1.54, 1.807) is 0 Å². The van der Waals surface area contributed by atoms with Gasteiger partial charge < -0.3 is 9.55 Å². The van der Waals surface area contributed by atoms with E-state index in [0.717, 1.165) is 0 Å². The maximum atomic E-state index is 3.50. The highest BCUT2D eigenvalue weighted by Crippen LogP contribution is 2.30. The third-order valence-corrected chi connectivity index (χ3v) is 8.56.